The fraction of sp³-hybridized carbons (Fsp3) is 0.222. The van der Waals surface area contributed by atoms with E-state index in [1.807, 2.05) is 12.1 Å². The second-order valence-corrected chi connectivity index (χ2v) is 7.04. The Balaban J connectivity index is 1.77. The molecule has 0 bridgehead atoms. The zero-order chi connectivity index (χ0) is 16.5. The van der Waals surface area contributed by atoms with Gasteiger partial charge in [-0.25, -0.2) is 20.0 Å². The Morgan fingerprint density at radius 2 is 1.04 bits per heavy atom. The van der Waals surface area contributed by atoms with E-state index in [0.29, 0.717) is 0 Å². The van der Waals surface area contributed by atoms with Crippen molar-refractivity contribution in [3.63, 3.8) is 0 Å². The zero-order valence-corrected chi connectivity index (χ0v) is 15.2. The van der Waals surface area contributed by atoms with Gasteiger partial charge in [0.15, 0.2) is 22.7 Å². The zero-order valence-electron chi connectivity index (χ0n) is 13.5. The minimum atomic E-state index is -0.0476. The molecule has 2 aromatic carbocycles. The number of hydrogen-bond donors (Lipinski definition) is 0. The molecule has 2 atom stereocenters. The van der Waals surface area contributed by atoms with E-state index >= 15 is 0 Å². The first-order chi connectivity index (χ1) is 11.8. The van der Waals surface area contributed by atoms with Crippen molar-refractivity contribution in [2.75, 3.05) is 12.5 Å². The van der Waals surface area contributed by atoms with Crippen molar-refractivity contribution in [3.05, 3.63) is 71.8 Å². The second-order valence-electron chi connectivity index (χ2n) is 5.49. The second kappa shape index (κ2) is 6.53. The van der Waals surface area contributed by atoms with Gasteiger partial charge in [0.05, 0.1) is 0 Å². The van der Waals surface area contributed by atoms with Gasteiger partial charge in [-0.15, -0.1) is 0 Å². The van der Waals surface area contributed by atoms with E-state index in [0.717, 1.165) is 10.3 Å². The number of benzene rings is 2. The minimum absolute atomic E-state index is 0.0476. The summed E-state index contributed by atoms with van der Waals surface area (Å²) in [4.78, 5) is 9.95. The summed E-state index contributed by atoms with van der Waals surface area (Å²) in [5, 5.41) is 6.46. The lowest BCUT2D eigenvalue weighted by molar-refractivity contribution is 0.105. The lowest BCUT2D eigenvalue weighted by atomic mass is 10.2. The van der Waals surface area contributed by atoms with Gasteiger partial charge in [0.1, 0.15) is 0 Å². The molecule has 2 aliphatic rings. The molecule has 6 heteroatoms. The smallest absolute Gasteiger partial charge is 0.182 e. The molecule has 0 saturated heterocycles. The molecule has 0 amide bonds. The van der Waals surface area contributed by atoms with Crippen molar-refractivity contribution in [2.45, 2.75) is 12.3 Å². The van der Waals surface area contributed by atoms with Gasteiger partial charge in [0.25, 0.3) is 0 Å². The number of hydrazine groups is 1. The maximum atomic E-state index is 4.97. The number of amidine groups is 2. The van der Waals surface area contributed by atoms with Crippen LogP contribution in [-0.4, -0.2) is 32.9 Å². The van der Waals surface area contributed by atoms with Gasteiger partial charge in [0, 0.05) is 0 Å². The summed E-state index contributed by atoms with van der Waals surface area (Å²) in [6.45, 7) is 0. The Morgan fingerprint density at radius 1 is 0.667 bits per heavy atom. The Kier molecular flexibility index (Phi) is 4.24. The van der Waals surface area contributed by atoms with Gasteiger partial charge in [-0.2, -0.15) is 0 Å². The van der Waals surface area contributed by atoms with Crippen LogP contribution in [0, 0.1) is 0 Å². The topological polar surface area (TPSA) is 31.2 Å². The monoisotopic (exact) mass is 354 g/mol. The fourth-order valence-electron chi connectivity index (χ4n) is 3.04. The van der Waals surface area contributed by atoms with Crippen LogP contribution in [0.4, 0.5) is 0 Å². The van der Waals surface area contributed by atoms with Gasteiger partial charge in [-0.1, -0.05) is 84.2 Å². The number of aliphatic imine (C=N–C) groups is 2. The van der Waals surface area contributed by atoms with Gasteiger partial charge in [-0.3, -0.25) is 0 Å². The molecule has 4 nitrogen and oxygen atoms in total. The van der Waals surface area contributed by atoms with E-state index in [2.05, 4.69) is 71.1 Å². The first kappa shape index (κ1) is 15.6. The molecular weight excluding hydrogens is 336 g/mol. The number of thioether (sulfide) groups is 2. The summed E-state index contributed by atoms with van der Waals surface area (Å²) in [7, 11) is 0. The predicted molar refractivity (Wildman–Crippen MR) is 104 cm³/mol. The van der Waals surface area contributed by atoms with Crippen LogP contribution in [-0.2, 0) is 0 Å². The number of fused-ring (bicyclic) bond motifs is 1. The molecule has 0 aromatic heterocycles. The molecule has 122 valence electrons. The molecule has 0 saturated carbocycles. The molecule has 2 heterocycles. The van der Waals surface area contributed by atoms with Gasteiger partial charge >= 0.3 is 0 Å². The average Bonchev–Trinajstić information content (AvgIpc) is 3.21. The van der Waals surface area contributed by atoms with Crippen LogP contribution >= 0.6 is 23.5 Å². The summed E-state index contributed by atoms with van der Waals surface area (Å²) in [5.41, 5.74) is 2.36. The summed E-state index contributed by atoms with van der Waals surface area (Å²) < 4.78 is 0. The number of nitrogens with zero attached hydrogens (tertiary/aromatic N) is 4. The Morgan fingerprint density at radius 3 is 1.38 bits per heavy atom. The van der Waals surface area contributed by atoms with Crippen LogP contribution in [0.2, 0.25) is 0 Å². The SMILES string of the molecule is CSC1=N[C@H](c2ccccc2)N2C(SC)=N[C@H](c3ccccc3)N12. The van der Waals surface area contributed by atoms with E-state index in [1.165, 1.54) is 11.1 Å². The lowest BCUT2D eigenvalue weighted by Gasteiger charge is -2.31. The molecule has 0 spiro atoms. The third-order valence-corrected chi connectivity index (χ3v) is 5.43. The highest BCUT2D eigenvalue weighted by molar-refractivity contribution is 8.13. The molecule has 0 radical (unpaired) electrons. The van der Waals surface area contributed by atoms with E-state index in [4.69, 9.17) is 9.98 Å². The third kappa shape index (κ3) is 2.50. The molecule has 0 fully saturated rings. The van der Waals surface area contributed by atoms with E-state index < -0.39 is 0 Å². The molecule has 0 unspecified atom stereocenters. The molecule has 0 N–H and O–H groups in total. The number of rotatable bonds is 2. The van der Waals surface area contributed by atoms with Crippen molar-refractivity contribution < 1.29 is 0 Å². The molecule has 24 heavy (non-hydrogen) atoms. The largest absolute Gasteiger partial charge is 0.229 e. The van der Waals surface area contributed by atoms with Crippen molar-refractivity contribution in [1.29, 1.82) is 0 Å². The van der Waals surface area contributed by atoms with Crippen LogP contribution in [0.1, 0.15) is 23.5 Å². The first-order valence-electron chi connectivity index (χ1n) is 7.75. The standard InChI is InChI=1S/C18H18N4S2/c1-23-17-19-15(13-9-5-3-6-10-13)22-18(24-2)20-16(21(17)22)14-11-7-4-8-12-14/h3-12,15-16H,1-2H3/t15-,16-/m0/s1. The molecule has 2 aromatic rings. The van der Waals surface area contributed by atoms with Gasteiger partial charge in [0.2, 0.25) is 0 Å². The van der Waals surface area contributed by atoms with Crippen LogP contribution < -0.4 is 0 Å². The van der Waals surface area contributed by atoms with Crippen molar-refractivity contribution in [3.8, 4) is 0 Å². The Hall–Kier alpha value is -1.92. The molecular formula is C18H18N4S2. The third-order valence-electron chi connectivity index (χ3n) is 4.11. The van der Waals surface area contributed by atoms with Gasteiger partial charge in [-0.05, 0) is 23.6 Å². The summed E-state index contributed by atoms with van der Waals surface area (Å²) in [6, 6.07) is 20.8. The van der Waals surface area contributed by atoms with Gasteiger partial charge < -0.3 is 0 Å². The first-order valence-corrected chi connectivity index (χ1v) is 10.2. The average molecular weight is 355 g/mol. The highest BCUT2D eigenvalue weighted by atomic mass is 32.2. The van der Waals surface area contributed by atoms with Crippen LogP contribution in [0.25, 0.3) is 0 Å². The van der Waals surface area contributed by atoms with Crippen LogP contribution in [0.5, 0.6) is 0 Å². The predicted octanol–water partition coefficient (Wildman–Crippen LogP) is 4.37. The highest BCUT2D eigenvalue weighted by Crippen LogP contribution is 2.44. The quantitative estimate of drug-likeness (QED) is 0.801. The lowest BCUT2D eigenvalue weighted by Crippen LogP contribution is -2.40. The summed E-state index contributed by atoms with van der Waals surface area (Å²) in [5.74, 6) is 0. The van der Waals surface area contributed by atoms with Crippen LogP contribution in [0.3, 0.4) is 0 Å². The minimum Gasteiger partial charge on any atom is -0.229 e. The van der Waals surface area contributed by atoms with Crippen LogP contribution in [0.15, 0.2) is 70.6 Å². The van der Waals surface area contributed by atoms with E-state index in [-0.39, 0.29) is 12.3 Å². The molecule has 0 aliphatic carbocycles. The van der Waals surface area contributed by atoms with E-state index in [9.17, 15) is 0 Å². The number of hydrogen-bond acceptors (Lipinski definition) is 6. The summed E-state index contributed by atoms with van der Waals surface area (Å²) >= 11 is 3.34. The highest BCUT2D eigenvalue weighted by Gasteiger charge is 2.45. The Bertz CT molecular complexity index is 709. The van der Waals surface area contributed by atoms with E-state index in [1.54, 1.807) is 23.5 Å². The molecule has 4 rings (SSSR count). The van der Waals surface area contributed by atoms with Crippen molar-refractivity contribution in [2.24, 2.45) is 9.98 Å². The van der Waals surface area contributed by atoms with Crippen molar-refractivity contribution >= 4 is 33.9 Å². The Labute approximate surface area is 150 Å². The maximum absolute atomic E-state index is 4.97. The summed E-state index contributed by atoms with van der Waals surface area (Å²) in [6.07, 6.45) is 4.05. The normalized spacial score (nSPS) is 22.4. The fourth-order valence-corrected chi connectivity index (χ4v) is 4.20. The molecule has 2 aliphatic heterocycles. The van der Waals surface area contributed by atoms with Crippen molar-refractivity contribution in [1.82, 2.24) is 10.0 Å². The maximum Gasteiger partial charge on any atom is 0.182 e.